The zero-order valence-corrected chi connectivity index (χ0v) is 21.7. The van der Waals surface area contributed by atoms with Crippen LogP contribution in [0.2, 0.25) is 0 Å². The average Bonchev–Trinajstić information content (AvgIpc) is 3.23. The van der Waals surface area contributed by atoms with Gasteiger partial charge in [0.05, 0.1) is 6.61 Å². The van der Waals surface area contributed by atoms with E-state index in [1.165, 1.54) is 37.1 Å². The van der Waals surface area contributed by atoms with Crippen LogP contribution in [0.4, 0.5) is 5.69 Å². The van der Waals surface area contributed by atoms with Crippen molar-refractivity contribution in [2.45, 2.75) is 71.8 Å². The van der Waals surface area contributed by atoms with Crippen molar-refractivity contribution < 1.29 is 9.53 Å². The van der Waals surface area contributed by atoms with Crippen molar-refractivity contribution in [3.05, 3.63) is 65.4 Å². The van der Waals surface area contributed by atoms with Gasteiger partial charge in [-0.2, -0.15) is 0 Å². The third kappa shape index (κ3) is 6.63. The number of carbonyl (C=O) groups is 1. The summed E-state index contributed by atoms with van der Waals surface area (Å²) in [7, 11) is 0. The van der Waals surface area contributed by atoms with Gasteiger partial charge in [0, 0.05) is 22.6 Å². The number of likely N-dealkylation sites (tertiary alicyclic amines) is 1. The predicted octanol–water partition coefficient (Wildman–Crippen LogP) is 6.50. The van der Waals surface area contributed by atoms with E-state index in [1.54, 1.807) is 0 Å². The molecule has 2 aromatic carbocycles. The van der Waals surface area contributed by atoms with Crippen LogP contribution in [-0.2, 0) is 10.2 Å². The van der Waals surface area contributed by atoms with Gasteiger partial charge >= 0.3 is 5.97 Å². The van der Waals surface area contributed by atoms with Crippen LogP contribution < -0.4 is 5.73 Å². The summed E-state index contributed by atoms with van der Waals surface area (Å²) in [5.41, 5.74) is 10.9. The average molecular weight is 464 g/mol. The second kappa shape index (κ2) is 11.1. The molecular formula is C29H41N3O2. The van der Waals surface area contributed by atoms with Crippen molar-refractivity contribution in [2.75, 3.05) is 25.4 Å². The van der Waals surface area contributed by atoms with Gasteiger partial charge in [0.25, 0.3) is 0 Å². The number of aromatic amines is 1. The Labute approximate surface area is 204 Å². The maximum absolute atomic E-state index is 11.8. The Hall–Kier alpha value is -2.79. The summed E-state index contributed by atoms with van der Waals surface area (Å²) < 4.78 is 5.06. The van der Waals surface area contributed by atoms with E-state index >= 15 is 0 Å². The highest BCUT2D eigenvalue weighted by molar-refractivity contribution is 5.95. The standard InChI is InChI=1S/C19H26N2O2.C10H15N/c1-4-23-19(22)18-12-16-11-15(5-6-17(16)20-18)14-7-9-21(10-8-14)13(2)3;1-10(2,3)8-4-6-9(11)7-5-8/h5-6,11-14,20H,4,7-10H2,1-3H3;4-7H,11H2,1-3H3. The molecule has 0 amide bonds. The Morgan fingerprint density at radius 1 is 1.09 bits per heavy atom. The minimum Gasteiger partial charge on any atom is -0.461 e. The molecule has 5 nitrogen and oxygen atoms in total. The second-order valence-electron chi connectivity index (χ2n) is 10.5. The second-order valence-corrected chi connectivity index (χ2v) is 10.5. The fourth-order valence-corrected chi connectivity index (χ4v) is 4.46. The van der Waals surface area contributed by atoms with Gasteiger partial charge in [0.2, 0.25) is 0 Å². The number of piperidine rings is 1. The monoisotopic (exact) mass is 463 g/mol. The van der Waals surface area contributed by atoms with E-state index in [4.69, 9.17) is 10.5 Å². The number of nitrogens with two attached hydrogens (primary N) is 1. The van der Waals surface area contributed by atoms with Gasteiger partial charge in [0.15, 0.2) is 0 Å². The van der Waals surface area contributed by atoms with Gasteiger partial charge in [-0.05, 0) is 99.5 Å². The molecule has 0 aliphatic carbocycles. The van der Waals surface area contributed by atoms with E-state index in [2.05, 4.69) is 74.8 Å². The lowest BCUT2D eigenvalue weighted by Gasteiger charge is -2.34. The number of anilines is 1. The van der Waals surface area contributed by atoms with Gasteiger partial charge < -0.3 is 20.4 Å². The molecule has 2 heterocycles. The molecule has 0 unspecified atom stereocenters. The van der Waals surface area contributed by atoms with Crippen molar-refractivity contribution in [3.63, 3.8) is 0 Å². The maximum Gasteiger partial charge on any atom is 0.354 e. The number of esters is 1. The zero-order chi connectivity index (χ0) is 24.9. The van der Waals surface area contributed by atoms with E-state index < -0.39 is 0 Å². The van der Waals surface area contributed by atoms with Crippen molar-refractivity contribution in [2.24, 2.45) is 0 Å². The molecule has 184 valence electrons. The molecule has 34 heavy (non-hydrogen) atoms. The maximum atomic E-state index is 11.8. The summed E-state index contributed by atoms with van der Waals surface area (Å²) in [6.07, 6.45) is 2.41. The van der Waals surface area contributed by atoms with E-state index in [-0.39, 0.29) is 11.4 Å². The Morgan fingerprint density at radius 3 is 2.29 bits per heavy atom. The van der Waals surface area contributed by atoms with Gasteiger partial charge in [-0.1, -0.05) is 39.0 Å². The fourth-order valence-electron chi connectivity index (χ4n) is 4.46. The first-order chi connectivity index (χ1) is 16.1. The number of nitrogen functional groups attached to an aromatic ring is 1. The van der Waals surface area contributed by atoms with Crippen LogP contribution in [0.3, 0.4) is 0 Å². The van der Waals surface area contributed by atoms with Crippen LogP contribution in [-0.4, -0.2) is 41.6 Å². The van der Waals surface area contributed by atoms with E-state index in [0.717, 1.165) is 16.6 Å². The number of fused-ring (bicyclic) bond motifs is 1. The molecule has 4 rings (SSSR count). The lowest BCUT2D eigenvalue weighted by Crippen LogP contribution is -2.37. The smallest absolute Gasteiger partial charge is 0.354 e. The van der Waals surface area contributed by atoms with Gasteiger partial charge in [0.1, 0.15) is 5.69 Å². The van der Waals surface area contributed by atoms with Crippen LogP contribution >= 0.6 is 0 Å². The van der Waals surface area contributed by atoms with Gasteiger partial charge in [-0.25, -0.2) is 4.79 Å². The first kappa shape index (κ1) is 25.8. The first-order valence-electron chi connectivity index (χ1n) is 12.5. The molecule has 0 atom stereocenters. The quantitative estimate of drug-likeness (QED) is 0.342. The van der Waals surface area contributed by atoms with Crippen molar-refractivity contribution >= 4 is 22.6 Å². The van der Waals surface area contributed by atoms with Crippen molar-refractivity contribution in [1.82, 2.24) is 9.88 Å². The number of aromatic nitrogens is 1. The summed E-state index contributed by atoms with van der Waals surface area (Å²) in [6, 6.07) is 17.1. The molecular weight excluding hydrogens is 422 g/mol. The lowest BCUT2D eigenvalue weighted by atomic mass is 9.87. The Bertz CT molecular complexity index is 1070. The molecule has 1 fully saturated rings. The first-order valence-corrected chi connectivity index (χ1v) is 12.5. The Morgan fingerprint density at radius 2 is 1.74 bits per heavy atom. The van der Waals surface area contributed by atoms with Crippen molar-refractivity contribution in [1.29, 1.82) is 0 Å². The molecule has 1 saturated heterocycles. The zero-order valence-electron chi connectivity index (χ0n) is 21.7. The molecule has 5 heteroatoms. The molecule has 1 aliphatic heterocycles. The number of rotatable bonds is 4. The molecule has 0 radical (unpaired) electrons. The number of nitrogens with zero attached hydrogens (tertiary/aromatic N) is 1. The molecule has 0 bridgehead atoms. The predicted molar refractivity (Wildman–Crippen MR) is 142 cm³/mol. The molecule has 1 aliphatic rings. The van der Waals surface area contributed by atoms with E-state index in [0.29, 0.717) is 24.3 Å². The lowest BCUT2D eigenvalue weighted by molar-refractivity contribution is 0.0520. The van der Waals surface area contributed by atoms with Crippen LogP contribution in [0.15, 0.2) is 48.5 Å². The van der Waals surface area contributed by atoms with E-state index in [1.807, 2.05) is 25.1 Å². The van der Waals surface area contributed by atoms with Gasteiger partial charge in [-0.3, -0.25) is 0 Å². The Kier molecular flexibility index (Phi) is 8.42. The number of carbonyl (C=O) groups excluding carboxylic acids is 1. The highest BCUT2D eigenvalue weighted by atomic mass is 16.5. The number of hydrogen-bond donors (Lipinski definition) is 2. The van der Waals surface area contributed by atoms with Gasteiger partial charge in [-0.15, -0.1) is 0 Å². The normalized spacial score (nSPS) is 15.3. The molecule has 1 aromatic heterocycles. The number of H-pyrrole nitrogens is 1. The van der Waals surface area contributed by atoms with Crippen LogP contribution in [0, 0.1) is 0 Å². The van der Waals surface area contributed by atoms with E-state index in [9.17, 15) is 4.79 Å². The third-order valence-corrected chi connectivity index (χ3v) is 6.65. The SMILES string of the molecule is CC(C)(C)c1ccc(N)cc1.CCOC(=O)c1cc2cc(C3CCN(C(C)C)CC3)ccc2[nH]1. The van der Waals surface area contributed by atoms with Crippen molar-refractivity contribution in [3.8, 4) is 0 Å². The fraction of sp³-hybridized carbons (Fsp3) is 0.483. The number of benzene rings is 2. The summed E-state index contributed by atoms with van der Waals surface area (Å²) in [5.74, 6) is 0.339. The summed E-state index contributed by atoms with van der Waals surface area (Å²) in [4.78, 5) is 17.5. The highest BCUT2D eigenvalue weighted by Gasteiger charge is 2.22. The highest BCUT2D eigenvalue weighted by Crippen LogP contribution is 2.31. The third-order valence-electron chi connectivity index (χ3n) is 6.65. The summed E-state index contributed by atoms with van der Waals surface area (Å²) in [6.45, 7) is 15.7. The molecule has 0 spiro atoms. The van der Waals surface area contributed by atoms with Crippen LogP contribution in [0.25, 0.3) is 10.9 Å². The summed E-state index contributed by atoms with van der Waals surface area (Å²) in [5, 5.41) is 1.09. The number of ether oxygens (including phenoxy) is 1. The number of hydrogen-bond acceptors (Lipinski definition) is 4. The van der Waals surface area contributed by atoms with Crippen LogP contribution in [0.1, 0.15) is 81.9 Å². The largest absolute Gasteiger partial charge is 0.461 e. The Balaban J connectivity index is 0.000000248. The molecule has 3 N–H and O–H groups in total. The topological polar surface area (TPSA) is 71.3 Å². The minimum atomic E-state index is -0.282. The summed E-state index contributed by atoms with van der Waals surface area (Å²) >= 11 is 0. The number of nitrogens with one attached hydrogen (secondary N) is 1. The molecule has 0 saturated carbocycles. The molecule has 3 aromatic rings. The van der Waals surface area contributed by atoms with Crippen LogP contribution in [0.5, 0.6) is 0 Å². The minimum absolute atomic E-state index is 0.230.